The molecule has 132 valence electrons. The summed E-state index contributed by atoms with van der Waals surface area (Å²) in [5, 5.41) is 1.05. The Kier molecular flexibility index (Phi) is 5.50. The third-order valence-electron chi connectivity index (χ3n) is 3.99. The van der Waals surface area contributed by atoms with Crippen molar-refractivity contribution in [3.63, 3.8) is 0 Å². The number of aromatic amines is 1. The van der Waals surface area contributed by atoms with Crippen molar-refractivity contribution in [2.45, 2.75) is 26.4 Å². The minimum Gasteiger partial charge on any atom is -0.481 e. The first-order valence-corrected chi connectivity index (χ1v) is 8.41. The molecular formula is C19H23N3O3. The zero-order valence-corrected chi connectivity index (χ0v) is 14.8. The summed E-state index contributed by atoms with van der Waals surface area (Å²) in [4.78, 5) is 12.4. The average molecular weight is 341 g/mol. The van der Waals surface area contributed by atoms with Crippen LogP contribution < -0.4 is 9.47 Å². The van der Waals surface area contributed by atoms with Crippen molar-refractivity contribution in [2.75, 3.05) is 20.8 Å². The largest absolute Gasteiger partial charge is 0.481 e. The molecule has 6 heteroatoms. The second-order valence-electron chi connectivity index (χ2n) is 5.71. The number of hydrogen-bond donors (Lipinski definition) is 1. The summed E-state index contributed by atoms with van der Waals surface area (Å²) in [6, 6.07) is 9.74. The lowest BCUT2D eigenvalue weighted by molar-refractivity contribution is 0.116. The number of fused-ring (bicyclic) bond motifs is 1. The molecule has 6 nitrogen and oxygen atoms in total. The van der Waals surface area contributed by atoms with Crippen molar-refractivity contribution in [3.05, 3.63) is 36.0 Å². The zero-order chi connectivity index (χ0) is 17.6. The number of ether oxygens (including phenoxy) is 3. The second kappa shape index (κ2) is 7.98. The van der Waals surface area contributed by atoms with Gasteiger partial charge in [0.2, 0.25) is 11.8 Å². The molecule has 3 rings (SSSR count). The van der Waals surface area contributed by atoms with Crippen LogP contribution in [0.2, 0.25) is 0 Å². The monoisotopic (exact) mass is 341 g/mol. The zero-order valence-electron chi connectivity index (χ0n) is 14.8. The minimum atomic E-state index is 0.463. The van der Waals surface area contributed by atoms with Gasteiger partial charge in [-0.3, -0.25) is 0 Å². The van der Waals surface area contributed by atoms with E-state index in [2.05, 4.69) is 21.9 Å². The Hall–Kier alpha value is -2.60. The fourth-order valence-electron chi connectivity index (χ4n) is 2.71. The number of aromatic nitrogens is 3. The first-order chi connectivity index (χ1) is 12.3. The fraction of sp³-hybridized carbons (Fsp3) is 0.368. The second-order valence-corrected chi connectivity index (χ2v) is 5.71. The van der Waals surface area contributed by atoms with Crippen LogP contribution in [-0.4, -0.2) is 35.8 Å². The van der Waals surface area contributed by atoms with E-state index in [-0.39, 0.29) is 0 Å². The van der Waals surface area contributed by atoms with E-state index in [9.17, 15) is 0 Å². The Balaban J connectivity index is 2.07. The Labute approximate surface area is 147 Å². The fourth-order valence-corrected chi connectivity index (χ4v) is 2.71. The molecule has 0 aliphatic heterocycles. The van der Waals surface area contributed by atoms with E-state index in [4.69, 9.17) is 14.2 Å². The maximum absolute atomic E-state index is 5.82. The molecule has 0 radical (unpaired) electrons. The van der Waals surface area contributed by atoms with Crippen LogP contribution in [0.4, 0.5) is 0 Å². The molecule has 25 heavy (non-hydrogen) atoms. The summed E-state index contributed by atoms with van der Waals surface area (Å²) in [6.45, 7) is 3.36. The molecule has 1 N–H and O–H groups in total. The van der Waals surface area contributed by atoms with Crippen molar-refractivity contribution in [1.29, 1.82) is 0 Å². The topological polar surface area (TPSA) is 69.3 Å². The first-order valence-electron chi connectivity index (χ1n) is 8.41. The number of H-pyrrole nitrogens is 1. The molecule has 2 heterocycles. The van der Waals surface area contributed by atoms with Crippen molar-refractivity contribution in [1.82, 2.24) is 15.0 Å². The van der Waals surface area contributed by atoms with Gasteiger partial charge in [-0.1, -0.05) is 31.5 Å². The van der Waals surface area contributed by atoms with Crippen molar-refractivity contribution in [3.8, 4) is 23.1 Å². The predicted octanol–water partition coefficient (Wildman–Crippen LogP) is 3.96. The highest BCUT2D eigenvalue weighted by atomic mass is 16.5. The van der Waals surface area contributed by atoms with Crippen molar-refractivity contribution >= 4 is 10.9 Å². The lowest BCUT2D eigenvalue weighted by Crippen LogP contribution is -2.01. The Morgan fingerprint density at radius 1 is 1.04 bits per heavy atom. The molecule has 3 aromatic rings. The van der Waals surface area contributed by atoms with E-state index in [1.54, 1.807) is 20.3 Å². The Bertz CT molecular complexity index is 823. The molecule has 0 aliphatic carbocycles. The number of rotatable bonds is 8. The Morgan fingerprint density at radius 3 is 2.44 bits per heavy atom. The number of nitrogens with zero attached hydrogens (tertiary/aromatic N) is 2. The molecule has 0 aliphatic rings. The van der Waals surface area contributed by atoms with Crippen LogP contribution in [0.25, 0.3) is 22.3 Å². The molecule has 1 aromatic carbocycles. The normalized spacial score (nSPS) is 11.0. The van der Waals surface area contributed by atoms with Gasteiger partial charge in [0.15, 0.2) is 5.82 Å². The number of nitrogens with one attached hydrogen (secondary N) is 1. The van der Waals surface area contributed by atoms with Gasteiger partial charge >= 0.3 is 0 Å². The molecular weight excluding hydrogens is 318 g/mol. The van der Waals surface area contributed by atoms with Crippen molar-refractivity contribution in [2.24, 2.45) is 0 Å². The average Bonchev–Trinajstić information content (AvgIpc) is 3.03. The van der Waals surface area contributed by atoms with E-state index in [0.717, 1.165) is 41.6 Å². The van der Waals surface area contributed by atoms with Crippen LogP contribution in [0.5, 0.6) is 11.8 Å². The summed E-state index contributed by atoms with van der Waals surface area (Å²) >= 11 is 0. The Morgan fingerprint density at radius 2 is 1.76 bits per heavy atom. The summed E-state index contributed by atoms with van der Waals surface area (Å²) in [5.41, 5.74) is 2.90. The van der Waals surface area contributed by atoms with Crippen LogP contribution in [0, 0.1) is 0 Å². The molecule has 0 amide bonds. The van der Waals surface area contributed by atoms with Gasteiger partial charge in [-0.25, -0.2) is 0 Å². The molecule has 0 bridgehead atoms. The highest BCUT2D eigenvalue weighted by Gasteiger charge is 2.18. The molecule has 0 saturated heterocycles. The van der Waals surface area contributed by atoms with Crippen molar-refractivity contribution < 1.29 is 14.2 Å². The summed E-state index contributed by atoms with van der Waals surface area (Å²) in [5.74, 6) is 1.48. The van der Waals surface area contributed by atoms with Crippen LogP contribution >= 0.6 is 0 Å². The molecule has 0 fully saturated rings. The van der Waals surface area contributed by atoms with Crippen LogP contribution in [0.3, 0.4) is 0 Å². The lowest BCUT2D eigenvalue weighted by Gasteiger charge is -2.08. The molecule has 0 saturated carbocycles. The van der Waals surface area contributed by atoms with E-state index >= 15 is 0 Å². The molecule has 2 aromatic heterocycles. The summed E-state index contributed by atoms with van der Waals surface area (Å²) in [7, 11) is 3.16. The van der Waals surface area contributed by atoms with Gasteiger partial charge < -0.3 is 19.2 Å². The molecule has 0 spiro atoms. The third kappa shape index (κ3) is 3.74. The van der Waals surface area contributed by atoms with E-state index in [0.29, 0.717) is 24.2 Å². The van der Waals surface area contributed by atoms with E-state index in [1.807, 2.05) is 24.3 Å². The lowest BCUT2D eigenvalue weighted by atomic mass is 10.1. The predicted molar refractivity (Wildman–Crippen MR) is 97.0 cm³/mol. The molecule has 0 unspecified atom stereocenters. The first kappa shape index (κ1) is 17.2. The van der Waals surface area contributed by atoms with Crippen LogP contribution in [-0.2, 0) is 11.3 Å². The van der Waals surface area contributed by atoms with Crippen LogP contribution in [0.1, 0.15) is 25.5 Å². The van der Waals surface area contributed by atoms with Gasteiger partial charge in [-0.15, -0.1) is 0 Å². The maximum atomic E-state index is 5.82. The third-order valence-corrected chi connectivity index (χ3v) is 3.99. The smallest absolute Gasteiger partial charge is 0.220 e. The standard InChI is InChI=1S/C19H23N3O3/c1-4-5-10-25-12-15-18(13-8-6-7-9-14(13)20-15)19-21-16(23-2)11-17(22-19)24-3/h6-9,11,20H,4-5,10,12H2,1-3H3. The van der Waals surface area contributed by atoms with E-state index < -0.39 is 0 Å². The summed E-state index contributed by atoms with van der Waals surface area (Å²) < 4.78 is 16.4. The van der Waals surface area contributed by atoms with Crippen LogP contribution in [0.15, 0.2) is 30.3 Å². The SMILES string of the molecule is CCCCOCc1[nH]c2ccccc2c1-c1nc(OC)cc(OC)n1. The quantitative estimate of drug-likeness (QED) is 0.628. The maximum Gasteiger partial charge on any atom is 0.220 e. The minimum absolute atomic E-state index is 0.463. The molecule has 0 atom stereocenters. The van der Waals surface area contributed by atoms with E-state index in [1.165, 1.54) is 0 Å². The number of benzene rings is 1. The highest BCUT2D eigenvalue weighted by molar-refractivity contribution is 5.95. The number of para-hydroxylation sites is 1. The number of hydrogen-bond acceptors (Lipinski definition) is 5. The number of methoxy groups -OCH3 is 2. The van der Waals surface area contributed by atoms with Gasteiger partial charge in [0.25, 0.3) is 0 Å². The number of unbranched alkanes of at least 4 members (excludes halogenated alkanes) is 1. The van der Waals surface area contributed by atoms with Gasteiger partial charge in [-0.2, -0.15) is 9.97 Å². The van der Waals surface area contributed by atoms with Gasteiger partial charge in [0, 0.05) is 17.5 Å². The van der Waals surface area contributed by atoms with Gasteiger partial charge in [0.05, 0.1) is 38.2 Å². The van der Waals surface area contributed by atoms with Gasteiger partial charge in [0.1, 0.15) is 0 Å². The van der Waals surface area contributed by atoms with Gasteiger partial charge in [-0.05, 0) is 12.5 Å². The summed E-state index contributed by atoms with van der Waals surface area (Å²) in [6.07, 6.45) is 2.15. The highest BCUT2D eigenvalue weighted by Crippen LogP contribution is 2.33.